The molecule has 0 bridgehead atoms. The van der Waals surface area contributed by atoms with Crippen LogP contribution in [0.15, 0.2) is 24.3 Å². The zero-order valence-corrected chi connectivity index (χ0v) is 12.1. The summed E-state index contributed by atoms with van der Waals surface area (Å²) in [5, 5.41) is 0. The van der Waals surface area contributed by atoms with Crippen LogP contribution < -0.4 is 4.72 Å². The van der Waals surface area contributed by atoms with Crippen LogP contribution in [0.2, 0.25) is 0 Å². The molecule has 0 saturated heterocycles. The molecule has 1 rings (SSSR count). The van der Waals surface area contributed by atoms with Crippen LogP contribution >= 0.6 is 11.6 Å². The Hall–Kier alpha value is -0.620. The van der Waals surface area contributed by atoms with E-state index in [1.54, 1.807) is 32.2 Å². The molecule has 0 spiro atoms. The topological polar surface area (TPSA) is 55.4 Å². The molecule has 0 heterocycles. The zero-order chi connectivity index (χ0) is 13.6. The second kappa shape index (κ2) is 7.09. The first-order valence-electron chi connectivity index (χ1n) is 5.60. The van der Waals surface area contributed by atoms with Gasteiger partial charge in [0.15, 0.2) is 0 Å². The normalized spacial score (nSPS) is 13.5. The molecule has 0 fully saturated rings. The van der Waals surface area contributed by atoms with E-state index in [4.69, 9.17) is 16.3 Å². The van der Waals surface area contributed by atoms with Gasteiger partial charge in [-0.25, -0.2) is 13.1 Å². The summed E-state index contributed by atoms with van der Waals surface area (Å²) in [4.78, 5) is 0. The molecule has 0 aliphatic carbocycles. The van der Waals surface area contributed by atoms with Gasteiger partial charge < -0.3 is 4.74 Å². The van der Waals surface area contributed by atoms with Gasteiger partial charge in [-0.3, -0.25) is 0 Å². The van der Waals surface area contributed by atoms with E-state index in [1.165, 1.54) is 0 Å². The van der Waals surface area contributed by atoms with E-state index in [1.807, 2.05) is 6.07 Å². The molecule has 1 unspecified atom stereocenters. The molecule has 1 atom stereocenters. The molecule has 0 radical (unpaired) electrons. The number of ether oxygens (including phenoxy) is 1. The Morgan fingerprint density at radius 1 is 1.39 bits per heavy atom. The summed E-state index contributed by atoms with van der Waals surface area (Å²) in [7, 11) is -1.79. The molecule has 0 amide bonds. The summed E-state index contributed by atoms with van der Waals surface area (Å²) in [5.41, 5.74) is 1.64. The van der Waals surface area contributed by atoms with Crippen LogP contribution in [-0.2, 0) is 26.4 Å². The number of alkyl halides is 1. The minimum absolute atomic E-state index is 0.0475. The van der Waals surface area contributed by atoms with Crippen molar-refractivity contribution in [3.05, 3.63) is 35.4 Å². The van der Waals surface area contributed by atoms with Crippen LogP contribution in [-0.4, -0.2) is 28.2 Å². The highest BCUT2D eigenvalue weighted by Gasteiger charge is 2.13. The number of sulfonamides is 1. The Morgan fingerprint density at radius 3 is 2.67 bits per heavy atom. The summed E-state index contributed by atoms with van der Waals surface area (Å²) >= 11 is 5.71. The summed E-state index contributed by atoms with van der Waals surface area (Å²) in [6.45, 7) is 2.07. The van der Waals surface area contributed by atoms with Crippen LogP contribution in [0.25, 0.3) is 0 Å². The van der Waals surface area contributed by atoms with Gasteiger partial charge in [0.1, 0.15) is 0 Å². The van der Waals surface area contributed by atoms with Gasteiger partial charge in [0.2, 0.25) is 10.0 Å². The monoisotopic (exact) mass is 291 g/mol. The summed E-state index contributed by atoms with van der Waals surface area (Å²) in [6.07, 6.45) is -0.144. The van der Waals surface area contributed by atoms with Crippen molar-refractivity contribution in [3.8, 4) is 0 Å². The lowest BCUT2D eigenvalue weighted by molar-refractivity contribution is 0.122. The number of rotatable bonds is 7. The van der Waals surface area contributed by atoms with Crippen LogP contribution in [0.5, 0.6) is 0 Å². The Bertz CT molecular complexity index is 476. The van der Waals surface area contributed by atoms with Crippen molar-refractivity contribution in [1.29, 1.82) is 0 Å². The second-order valence-corrected chi connectivity index (χ2v) is 6.18. The van der Waals surface area contributed by atoms with Crippen LogP contribution in [0.4, 0.5) is 0 Å². The fraction of sp³-hybridized carbons (Fsp3) is 0.500. The maximum atomic E-state index is 11.8. The molecule has 102 valence electrons. The van der Waals surface area contributed by atoms with E-state index in [2.05, 4.69) is 4.72 Å². The van der Waals surface area contributed by atoms with E-state index >= 15 is 0 Å². The van der Waals surface area contributed by atoms with Crippen molar-refractivity contribution < 1.29 is 13.2 Å². The van der Waals surface area contributed by atoms with Gasteiger partial charge in [-0.05, 0) is 18.1 Å². The summed E-state index contributed by atoms with van der Waals surface area (Å²) in [6, 6.07) is 7.24. The molecule has 0 aromatic heterocycles. The first-order chi connectivity index (χ1) is 8.46. The van der Waals surface area contributed by atoms with Crippen molar-refractivity contribution in [3.63, 3.8) is 0 Å². The Kier molecular flexibility index (Phi) is 6.08. The highest BCUT2D eigenvalue weighted by atomic mass is 35.5. The fourth-order valence-corrected chi connectivity index (χ4v) is 2.78. The maximum Gasteiger partial charge on any atom is 0.215 e. The smallest absolute Gasteiger partial charge is 0.215 e. The molecular formula is C12H18ClNO3S. The van der Waals surface area contributed by atoms with Crippen molar-refractivity contribution in [2.75, 3.05) is 13.7 Å². The number of methoxy groups -OCH3 is 1. The second-order valence-electron chi connectivity index (χ2n) is 4.11. The Balaban J connectivity index is 2.64. The highest BCUT2D eigenvalue weighted by Crippen LogP contribution is 2.10. The average Bonchev–Trinajstić information content (AvgIpc) is 2.35. The highest BCUT2D eigenvalue weighted by molar-refractivity contribution is 7.88. The van der Waals surface area contributed by atoms with Crippen molar-refractivity contribution >= 4 is 21.6 Å². The number of hydrogen-bond acceptors (Lipinski definition) is 3. The molecule has 18 heavy (non-hydrogen) atoms. The first-order valence-corrected chi connectivity index (χ1v) is 7.79. The van der Waals surface area contributed by atoms with Gasteiger partial charge in [0.25, 0.3) is 0 Å². The molecule has 1 aromatic rings. The fourth-order valence-electron chi connectivity index (χ4n) is 1.40. The van der Waals surface area contributed by atoms with Crippen molar-refractivity contribution in [2.24, 2.45) is 0 Å². The third-order valence-corrected chi connectivity index (χ3v) is 4.12. The van der Waals surface area contributed by atoms with E-state index in [9.17, 15) is 8.42 Å². The van der Waals surface area contributed by atoms with Crippen LogP contribution in [0.1, 0.15) is 18.1 Å². The van der Waals surface area contributed by atoms with Gasteiger partial charge in [0.05, 0.1) is 11.9 Å². The largest absolute Gasteiger partial charge is 0.380 e. The van der Waals surface area contributed by atoms with Gasteiger partial charge in [-0.15, -0.1) is 11.6 Å². The number of benzene rings is 1. The van der Waals surface area contributed by atoms with Crippen LogP contribution in [0.3, 0.4) is 0 Å². The quantitative estimate of drug-likeness (QED) is 0.781. The van der Waals surface area contributed by atoms with E-state index < -0.39 is 10.0 Å². The third-order valence-electron chi connectivity index (χ3n) is 2.50. The Morgan fingerprint density at radius 2 is 2.06 bits per heavy atom. The average molecular weight is 292 g/mol. The number of halogens is 1. The molecule has 1 N–H and O–H groups in total. The molecule has 6 heteroatoms. The standard InChI is InChI=1S/C12H18ClNO3S/c1-10(17-2)8-14-18(15,16)9-12-5-3-4-11(6-12)7-13/h3-6,10,14H,7-9H2,1-2H3. The van der Waals surface area contributed by atoms with Gasteiger partial charge in [0, 0.05) is 19.5 Å². The van der Waals surface area contributed by atoms with Crippen LogP contribution in [0, 0.1) is 0 Å². The van der Waals surface area contributed by atoms with Crippen molar-refractivity contribution in [2.45, 2.75) is 24.7 Å². The molecular weight excluding hydrogens is 274 g/mol. The van der Waals surface area contributed by atoms with Gasteiger partial charge in [-0.2, -0.15) is 0 Å². The third kappa shape index (κ3) is 5.35. The predicted octanol–water partition coefficient (Wildman–Crippen LogP) is 1.88. The first kappa shape index (κ1) is 15.4. The SMILES string of the molecule is COC(C)CNS(=O)(=O)Cc1cccc(CCl)c1. The number of hydrogen-bond donors (Lipinski definition) is 1. The van der Waals surface area contributed by atoms with Crippen molar-refractivity contribution in [1.82, 2.24) is 4.72 Å². The Labute approximate surface area is 113 Å². The molecule has 0 saturated carbocycles. The molecule has 4 nitrogen and oxygen atoms in total. The minimum Gasteiger partial charge on any atom is -0.380 e. The lowest BCUT2D eigenvalue weighted by Crippen LogP contribution is -2.32. The predicted molar refractivity (Wildman–Crippen MR) is 73.1 cm³/mol. The van der Waals surface area contributed by atoms with E-state index in [0.29, 0.717) is 5.88 Å². The lowest BCUT2D eigenvalue weighted by atomic mass is 10.2. The molecule has 0 aliphatic rings. The van der Waals surface area contributed by atoms with Gasteiger partial charge >= 0.3 is 0 Å². The lowest BCUT2D eigenvalue weighted by Gasteiger charge is -2.11. The molecule has 1 aromatic carbocycles. The summed E-state index contributed by atoms with van der Waals surface area (Å²) < 4.78 is 31.1. The zero-order valence-electron chi connectivity index (χ0n) is 10.5. The molecule has 0 aliphatic heterocycles. The minimum atomic E-state index is -3.34. The maximum absolute atomic E-state index is 11.8. The summed E-state index contributed by atoms with van der Waals surface area (Å²) in [5.74, 6) is 0.330. The van der Waals surface area contributed by atoms with E-state index in [0.717, 1.165) is 11.1 Å². The van der Waals surface area contributed by atoms with E-state index in [-0.39, 0.29) is 18.4 Å². The number of nitrogens with one attached hydrogen (secondary N) is 1. The van der Waals surface area contributed by atoms with Gasteiger partial charge in [-0.1, -0.05) is 24.3 Å².